The maximum atomic E-state index is 4.07. The van der Waals surface area contributed by atoms with Crippen LogP contribution in [0.4, 0.5) is 0 Å². The van der Waals surface area contributed by atoms with Gasteiger partial charge in [0.25, 0.3) is 0 Å². The number of alkyl halides is 1. The van der Waals surface area contributed by atoms with Crippen molar-refractivity contribution in [3.05, 3.63) is 50.4 Å². The van der Waals surface area contributed by atoms with E-state index in [1.54, 1.807) is 45.9 Å². The number of H-pyrrole nitrogens is 2. The molecule has 4 rings (SSSR count). The van der Waals surface area contributed by atoms with Crippen molar-refractivity contribution >= 4 is 138 Å². The molecule has 1 atom stereocenters. The number of rotatable bonds is 3. The molecule has 0 amide bonds. The van der Waals surface area contributed by atoms with E-state index in [2.05, 4.69) is 146 Å². The zero-order valence-corrected chi connectivity index (χ0v) is 36.9. The van der Waals surface area contributed by atoms with Crippen LogP contribution in [-0.4, -0.2) is 52.6 Å². The smallest absolute Gasteiger partial charge is 0.140 e. The predicted molar refractivity (Wildman–Crippen MR) is 198 cm³/mol. The topological polar surface area (TPSA) is 83.1 Å². The fourth-order valence-electron chi connectivity index (χ4n) is 1.80. The minimum Gasteiger partial charge on any atom is -0.346 e. The monoisotopic (exact) mass is 1160 g/mol. The number of thioether (sulfide) groups is 1. The summed E-state index contributed by atoms with van der Waals surface area (Å²) in [6, 6.07) is 1.94. The standard InChI is InChI=1S/C7H7N3S.C6H5N3.C4H9I.C3H7.C2H6S2.3Ar.3HI.V/c1-11-6-3-9-7-5(6)2-8-4-10-7;1-2-8-6-5(1)3-7-4-9-6;1-3-4(2)5;1-3-2;1-3-4-2;;;;;;;/h2-4H,1H3,(H,8,9,10);1-4H,(H,7,8,9);4H,3H2,1-2H3;1,3H2,2H3;1-2H3;;;;3*1H;/q;;;-1;;;;;;;;+3/p-3. The molecule has 0 aliphatic heterocycles. The van der Waals surface area contributed by atoms with Gasteiger partial charge in [0.2, 0.25) is 0 Å². The molecular weight excluding hydrogens is 1120 g/mol. The Morgan fingerprint density at radius 1 is 0.923 bits per heavy atom. The molecule has 4 aromatic heterocycles. The third-order valence-electron chi connectivity index (χ3n) is 3.49. The summed E-state index contributed by atoms with van der Waals surface area (Å²) in [5, 5.41) is 2.15. The number of hydrogen-bond acceptors (Lipinski definition) is 7. The summed E-state index contributed by atoms with van der Waals surface area (Å²) in [5.74, 6) is 0. The number of halogens is 4. The van der Waals surface area contributed by atoms with Gasteiger partial charge < -0.3 is 16.9 Å². The summed E-state index contributed by atoms with van der Waals surface area (Å²) >= 11 is 11.5. The number of nitrogens with zero attached hydrogens (tertiary/aromatic N) is 4. The number of aromatic nitrogens is 6. The van der Waals surface area contributed by atoms with E-state index in [1.807, 2.05) is 37.8 Å². The van der Waals surface area contributed by atoms with Crippen molar-refractivity contribution in [2.75, 3.05) is 18.8 Å². The molecular formula is C22H34Ar3I4N6S3V-. The summed E-state index contributed by atoms with van der Waals surface area (Å²) in [5.41, 5.74) is 1.80. The minimum absolute atomic E-state index is 0. The average Bonchev–Trinajstić information content (AvgIpc) is 3.52. The maximum Gasteiger partial charge on any atom is 0.140 e. The molecule has 0 aromatic carbocycles. The minimum atomic E-state index is -0.278. The zero-order chi connectivity index (χ0) is 27.8. The normalized spacial score (nSPS) is 9.44. The molecule has 0 saturated carbocycles. The maximum absolute atomic E-state index is 4.07. The van der Waals surface area contributed by atoms with Gasteiger partial charge in [0.15, 0.2) is 0 Å². The molecule has 4 aromatic rings. The van der Waals surface area contributed by atoms with Gasteiger partial charge in [0, 0.05) is 152 Å². The van der Waals surface area contributed by atoms with E-state index in [0.29, 0.717) is 0 Å². The van der Waals surface area contributed by atoms with Crippen molar-refractivity contribution in [1.29, 1.82) is 0 Å². The molecule has 2 N–H and O–H groups in total. The van der Waals surface area contributed by atoms with Crippen LogP contribution in [0.15, 0.2) is 48.4 Å². The number of hydrogen-bond donors (Lipinski definition) is 2. The van der Waals surface area contributed by atoms with Crippen LogP contribution in [0.1, 0.15) is 33.6 Å². The van der Waals surface area contributed by atoms with Gasteiger partial charge >= 0.3 is 64.9 Å². The summed E-state index contributed by atoms with van der Waals surface area (Å²) < 4.78 is 0.854. The fourth-order valence-corrected chi connectivity index (χ4v) is 2.34. The third-order valence-corrected chi connectivity index (χ3v) is 6.48. The Bertz CT molecular complexity index is 988. The first kappa shape index (κ1) is 54.0. The van der Waals surface area contributed by atoms with E-state index in [9.17, 15) is 0 Å². The first-order valence-corrected chi connectivity index (χ1v) is 29.5. The van der Waals surface area contributed by atoms with Crippen LogP contribution in [0, 0.1) is 120 Å². The van der Waals surface area contributed by atoms with Gasteiger partial charge in [-0.3, -0.25) is 0 Å². The van der Waals surface area contributed by atoms with Crippen molar-refractivity contribution in [3.63, 3.8) is 0 Å². The number of nitrogens with one attached hydrogen (secondary N) is 2. The largest absolute Gasteiger partial charge is 0.346 e. The molecule has 6 nitrogen and oxygen atoms in total. The van der Waals surface area contributed by atoms with Gasteiger partial charge in [-0.05, 0) is 31.3 Å². The Balaban J connectivity index is -0.000000125. The van der Waals surface area contributed by atoms with Crippen LogP contribution < -0.4 is 0 Å². The quantitative estimate of drug-likeness (QED) is 0.0695. The predicted octanol–water partition coefficient (Wildman–Crippen LogP) is 10.4. The van der Waals surface area contributed by atoms with Gasteiger partial charge in [-0.2, -0.15) is 6.42 Å². The Hall–Kier alpha value is 5.57. The molecule has 0 aliphatic rings. The van der Waals surface area contributed by atoms with Crippen LogP contribution in [-0.2, 0) is 4.92 Å². The van der Waals surface area contributed by atoms with Crippen LogP contribution in [0.2, 0.25) is 0 Å². The summed E-state index contributed by atoms with van der Waals surface area (Å²) in [6.45, 7) is 9.90. The first-order chi connectivity index (χ1) is 17.2. The third kappa shape index (κ3) is 33.3. The number of fused-ring (bicyclic) bond motifs is 2. The molecule has 1 unspecified atom stereocenters. The summed E-state index contributed by atoms with van der Waals surface area (Å²) in [6.07, 6.45) is 18.9. The van der Waals surface area contributed by atoms with Gasteiger partial charge in [-0.1, -0.05) is 64.9 Å². The second kappa shape index (κ2) is 39.8. The molecule has 0 fully saturated rings. The SMILES string of the molecule is CCC(C)I.CSSC.CSc1c[nH]c2ncncc12.[Ar].[Ar].[Ar].[CH2-]CC.[I][V]([I])[I].c1ncc2cc[nH]c2n1. The van der Waals surface area contributed by atoms with E-state index in [4.69, 9.17) is 0 Å². The fraction of sp³-hybridized carbons (Fsp3) is 0.409. The Morgan fingerprint density at radius 2 is 1.38 bits per heavy atom. The first-order valence-electron chi connectivity index (χ1n) is 10.5. The molecule has 17 heteroatoms. The van der Waals surface area contributed by atoms with Crippen LogP contribution in [0.3, 0.4) is 0 Å². The Morgan fingerprint density at radius 3 is 1.79 bits per heavy atom. The summed E-state index contributed by atoms with van der Waals surface area (Å²) in [4.78, 5) is 22.8. The van der Waals surface area contributed by atoms with Gasteiger partial charge in [-0.15, -0.1) is 11.8 Å². The van der Waals surface area contributed by atoms with Gasteiger partial charge in [0.05, 0.1) is 5.39 Å². The van der Waals surface area contributed by atoms with E-state index < -0.39 is 0 Å². The van der Waals surface area contributed by atoms with E-state index in [-0.39, 0.29) is 118 Å². The molecule has 228 valence electrons. The Labute approximate surface area is 388 Å². The van der Waals surface area contributed by atoms with Crippen molar-refractivity contribution < 1.29 is 118 Å². The van der Waals surface area contributed by atoms with Crippen LogP contribution >= 0.6 is 116 Å². The van der Waals surface area contributed by atoms with Crippen molar-refractivity contribution in [2.24, 2.45) is 0 Å². The van der Waals surface area contributed by atoms with Crippen LogP contribution in [0.5, 0.6) is 0 Å². The van der Waals surface area contributed by atoms with E-state index in [1.165, 1.54) is 17.6 Å². The summed E-state index contributed by atoms with van der Waals surface area (Å²) in [7, 11) is 3.55. The molecule has 39 heavy (non-hydrogen) atoms. The van der Waals surface area contributed by atoms with E-state index >= 15 is 0 Å². The van der Waals surface area contributed by atoms with Crippen molar-refractivity contribution in [1.82, 2.24) is 29.9 Å². The van der Waals surface area contributed by atoms with E-state index in [0.717, 1.165) is 32.4 Å². The molecule has 4 heterocycles. The van der Waals surface area contributed by atoms with Crippen LogP contribution in [0.25, 0.3) is 22.1 Å². The zero-order valence-electron chi connectivity index (χ0n) is 22.3. The Kier molecular flexibility index (Phi) is 55.1. The second-order valence-corrected chi connectivity index (χ2v) is 47.2. The van der Waals surface area contributed by atoms with Gasteiger partial charge in [0.1, 0.15) is 23.9 Å². The number of aromatic amines is 2. The molecule has 0 aliphatic carbocycles. The average molecular weight is 1160 g/mol. The molecule has 0 spiro atoms. The molecule has 0 bridgehead atoms. The second-order valence-electron chi connectivity index (χ2n) is 6.16. The molecule has 0 saturated heterocycles. The molecule has 0 radical (unpaired) electrons. The van der Waals surface area contributed by atoms with Gasteiger partial charge in [-0.25, -0.2) is 19.9 Å². The van der Waals surface area contributed by atoms with Crippen molar-refractivity contribution in [2.45, 2.75) is 42.4 Å². The van der Waals surface area contributed by atoms with Crippen molar-refractivity contribution in [3.8, 4) is 0 Å².